The molecule has 4 aromatic rings. The molecule has 178 valence electrons. The molecule has 13 heteroatoms. The second-order valence-corrected chi connectivity index (χ2v) is 9.64. The van der Waals surface area contributed by atoms with E-state index in [1.165, 1.54) is 36.4 Å². The predicted octanol–water partition coefficient (Wildman–Crippen LogP) is 1.93. The number of benzene rings is 2. The zero-order chi connectivity index (χ0) is 25.5. The van der Waals surface area contributed by atoms with E-state index < -0.39 is 27.3 Å². The first-order valence-corrected chi connectivity index (χ1v) is 12.0. The Labute approximate surface area is 198 Å². The zero-order valence-electron chi connectivity index (χ0n) is 18.5. The van der Waals surface area contributed by atoms with Gasteiger partial charge in [-0.25, -0.2) is 17.8 Å². The van der Waals surface area contributed by atoms with Crippen molar-refractivity contribution in [2.45, 2.75) is 17.9 Å². The predicted molar refractivity (Wildman–Crippen MR) is 128 cm³/mol. The third kappa shape index (κ3) is 4.22. The minimum absolute atomic E-state index is 0.00989. The summed E-state index contributed by atoms with van der Waals surface area (Å²) in [5.74, 6) is -1.05. The maximum absolute atomic E-state index is 14.9. The SMILES string of the molecule is C[C@H](Nc1nc(N)nc(N)c1C#N)c1nc2cccc(S(C)(=O)=O)c2c(=O)n1-c1ccccc1F. The lowest BCUT2D eigenvalue weighted by molar-refractivity contribution is 0.602. The number of hydrogen-bond acceptors (Lipinski definition) is 10. The first-order valence-electron chi connectivity index (χ1n) is 10.1. The number of nitrogens with two attached hydrogens (primary N) is 2. The number of nitrogen functional groups attached to an aromatic ring is 2. The van der Waals surface area contributed by atoms with Gasteiger partial charge in [-0.3, -0.25) is 9.36 Å². The number of hydrogen-bond donors (Lipinski definition) is 3. The highest BCUT2D eigenvalue weighted by Crippen LogP contribution is 2.27. The Morgan fingerprint density at radius 1 is 1.11 bits per heavy atom. The Morgan fingerprint density at radius 2 is 1.83 bits per heavy atom. The first kappa shape index (κ1) is 23.6. The minimum atomic E-state index is -3.80. The lowest BCUT2D eigenvalue weighted by atomic mass is 10.2. The van der Waals surface area contributed by atoms with Gasteiger partial charge in [-0.15, -0.1) is 0 Å². The van der Waals surface area contributed by atoms with Crippen LogP contribution in [0.5, 0.6) is 0 Å². The molecule has 1 atom stereocenters. The van der Waals surface area contributed by atoms with Crippen LogP contribution in [0.4, 0.5) is 22.0 Å². The molecule has 0 bridgehead atoms. The van der Waals surface area contributed by atoms with Gasteiger partial charge in [-0.05, 0) is 31.2 Å². The summed E-state index contributed by atoms with van der Waals surface area (Å²) in [7, 11) is -3.80. The number of anilines is 3. The highest BCUT2D eigenvalue weighted by Gasteiger charge is 2.25. The average molecular weight is 495 g/mol. The van der Waals surface area contributed by atoms with E-state index in [0.717, 1.165) is 16.9 Å². The van der Waals surface area contributed by atoms with Crippen LogP contribution in [0, 0.1) is 17.1 Å². The molecule has 2 aromatic carbocycles. The highest BCUT2D eigenvalue weighted by atomic mass is 32.2. The van der Waals surface area contributed by atoms with Crippen LogP contribution < -0.4 is 22.3 Å². The van der Waals surface area contributed by atoms with E-state index in [4.69, 9.17) is 11.5 Å². The normalized spacial score (nSPS) is 12.3. The van der Waals surface area contributed by atoms with E-state index in [1.807, 2.05) is 6.07 Å². The molecule has 35 heavy (non-hydrogen) atoms. The van der Waals surface area contributed by atoms with Crippen LogP contribution in [0.15, 0.2) is 52.2 Å². The Balaban J connectivity index is 2.03. The van der Waals surface area contributed by atoms with Gasteiger partial charge in [0.1, 0.15) is 29.1 Å². The van der Waals surface area contributed by atoms with E-state index in [-0.39, 0.29) is 50.5 Å². The van der Waals surface area contributed by atoms with Gasteiger partial charge in [-0.2, -0.15) is 15.2 Å². The fourth-order valence-electron chi connectivity index (χ4n) is 3.66. The number of rotatable bonds is 5. The summed E-state index contributed by atoms with van der Waals surface area (Å²) in [5, 5.41) is 12.2. The van der Waals surface area contributed by atoms with E-state index in [1.54, 1.807) is 6.92 Å². The largest absolute Gasteiger partial charge is 0.382 e. The molecule has 11 nitrogen and oxygen atoms in total. The highest BCUT2D eigenvalue weighted by molar-refractivity contribution is 7.91. The van der Waals surface area contributed by atoms with Crippen LogP contribution >= 0.6 is 0 Å². The number of sulfone groups is 1. The van der Waals surface area contributed by atoms with Crippen molar-refractivity contribution in [1.29, 1.82) is 5.26 Å². The van der Waals surface area contributed by atoms with Crippen molar-refractivity contribution >= 4 is 38.3 Å². The van der Waals surface area contributed by atoms with Crippen molar-refractivity contribution < 1.29 is 12.8 Å². The number of nitrogens with one attached hydrogen (secondary N) is 1. The van der Waals surface area contributed by atoms with Crippen molar-refractivity contribution in [3.8, 4) is 11.8 Å². The van der Waals surface area contributed by atoms with E-state index in [9.17, 15) is 22.9 Å². The molecule has 0 fully saturated rings. The van der Waals surface area contributed by atoms with Crippen molar-refractivity contribution in [2.24, 2.45) is 0 Å². The molecule has 0 aliphatic carbocycles. The molecule has 0 aliphatic heterocycles. The molecule has 4 rings (SSSR count). The van der Waals surface area contributed by atoms with Crippen LogP contribution in [0.3, 0.4) is 0 Å². The molecule has 0 spiro atoms. The molecular formula is C22H19FN8O3S. The molecule has 0 saturated heterocycles. The van der Waals surface area contributed by atoms with Gasteiger partial charge >= 0.3 is 0 Å². The fraction of sp³-hybridized carbons (Fsp3) is 0.136. The van der Waals surface area contributed by atoms with Crippen molar-refractivity contribution in [2.75, 3.05) is 23.0 Å². The second-order valence-electron chi connectivity index (χ2n) is 7.65. The number of fused-ring (bicyclic) bond motifs is 1. The number of para-hydroxylation sites is 1. The number of nitriles is 1. The zero-order valence-corrected chi connectivity index (χ0v) is 19.3. The van der Waals surface area contributed by atoms with Crippen LogP contribution in [0.2, 0.25) is 0 Å². The molecule has 0 aliphatic rings. The summed E-state index contributed by atoms with van der Waals surface area (Å²) in [6.45, 7) is 1.60. The fourth-order valence-corrected chi connectivity index (χ4v) is 4.55. The minimum Gasteiger partial charge on any atom is -0.382 e. The van der Waals surface area contributed by atoms with Gasteiger partial charge in [0, 0.05) is 6.26 Å². The maximum atomic E-state index is 14.9. The summed E-state index contributed by atoms with van der Waals surface area (Å²) in [5.41, 5.74) is 10.5. The quantitative estimate of drug-likeness (QED) is 0.370. The number of nitrogens with zero attached hydrogens (tertiary/aromatic N) is 5. The van der Waals surface area contributed by atoms with E-state index >= 15 is 0 Å². The third-order valence-electron chi connectivity index (χ3n) is 5.18. The molecule has 2 heterocycles. The Hall–Kier alpha value is -4.57. The monoisotopic (exact) mass is 494 g/mol. The van der Waals surface area contributed by atoms with Gasteiger partial charge in [-0.1, -0.05) is 18.2 Å². The average Bonchev–Trinajstić information content (AvgIpc) is 2.78. The Bertz CT molecular complexity index is 1700. The summed E-state index contributed by atoms with van der Waals surface area (Å²) in [4.78, 5) is 25.7. The van der Waals surface area contributed by atoms with Gasteiger partial charge in [0.25, 0.3) is 5.56 Å². The Kier molecular flexibility index (Phi) is 5.83. The van der Waals surface area contributed by atoms with E-state index in [2.05, 4.69) is 20.3 Å². The number of aromatic nitrogens is 4. The van der Waals surface area contributed by atoms with Crippen molar-refractivity contribution in [3.05, 3.63) is 70.0 Å². The summed E-state index contributed by atoms with van der Waals surface area (Å²) in [6, 6.07) is 10.8. The Morgan fingerprint density at radius 3 is 2.49 bits per heavy atom. The summed E-state index contributed by atoms with van der Waals surface area (Å²) < 4.78 is 40.6. The molecule has 0 saturated carbocycles. The summed E-state index contributed by atoms with van der Waals surface area (Å²) in [6.07, 6.45) is 0.972. The topological polar surface area (TPSA) is 183 Å². The van der Waals surface area contributed by atoms with Gasteiger partial charge in [0.15, 0.2) is 15.7 Å². The lowest BCUT2D eigenvalue weighted by Gasteiger charge is -2.21. The standard InChI is InChI=1S/C22H19FN8O3S/c1-11(27-19-12(10-24)18(25)29-22(26)30-19)20-28-14-7-5-9-16(35(2,33)34)17(14)21(32)31(20)15-8-4-3-6-13(15)23/h3-9,11H,1-2H3,(H5,25,26,27,29,30)/t11-/m0/s1. The first-order chi connectivity index (χ1) is 16.5. The number of halogens is 1. The van der Waals surface area contributed by atoms with Gasteiger partial charge in [0.2, 0.25) is 5.95 Å². The smallest absolute Gasteiger partial charge is 0.267 e. The molecule has 0 radical (unpaired) electrons. The van der Waals surface area contributed by atoms with Crippen LogP contribution in [-0.2, 0) is 9.84 Å². The van der Waals surface area contributed by atoms with Crippen LogP contribution in [-0.4, -0.2) is 34.2 Å². The summed E-state index contributed by atoms with van der Waals surface area (Å²) >= 11 is 0. The molecule has 0 amide bonds. The molecule has 0 unspecified atom stereocenters. The molecule has 2 aromatic heterocycles. The van der Waals surface area contributed by atoms with E-state index in [0.29, 0.717) is 0 Å². The lowest BCUT2D eigenvalue weighted by Crippen LogP contribution is -2.29. The molecule has 5 N–H and O–H groups in total. The van der Waals surface area contributed by atoms with Crippen molar-refractivity contribution in [1.82, 2.24) is 19.5 Å². The second kappa shape index (κ2) is 8.65. The third-order valence-corrected chi connectivity index (χ3v) is 6.32. The molecular weight excluding hydrogens is 475 g/mol. The van der Waals surface area contributed by atoms with Crippen LogP contribution in [0.1, 0.15) is 24.4 Å². The van der Waals surface area contributed by atoms with Crippen molar-refractivity contribution in [3.63, 3.8) is 0 Å². The van der Waals surface area contributed by atoms with Crippen LogP contribution in [0.25, 0.3) is 16.6 Å². The van der Waals surface area contributed by atoms with Gasteiger partial charge < -0.3 is 16.8 Å². The maximum Gasteiger partial charge on any atom is 0.267 e. The van der Waals surface area contributed by atoms with Gasteiger partial charge in [0.05, 0.1) is 27.5 Å².